The number of aryl methyl sites for hydroxylation is 1. The van der Waals surface area contributed by atoms with E-state index < -0.39 is 11.4 Å². The van der Waals surface area contributed by atoms with Crippen LogP contribution in [0.4, 0.5) is 0 Å². The first kappa shape index (κ1) is 15.4. The molecule has 0 radical (unpaired) electrons. The highest BCUT2D eigenvalue weighted by molar-refractivity contribution is 5.76. The van der Waals surface area contributed by atoms with Crippen molar-refractivity contribution in [1.82, 2.24) is 14.7 Å². The molecule has 0 unspecified atom stereocenters. The van der Waals surface area contributed by atoms with Crippen molar-refractivity contribution in [2.24, 2.45) is 18.4 Å². The third-order valence-electron chi connectivity index (χ3n) is 5.88. The quantitative estimate of drug-likeness (QED) is 0.939. The van der Waals surface area contributed by atoms with Crippen LogP contribution in [0.5, 0.6) is 0 Å². The molecule has 24 heavy (non-hydrogen) atoms. The van der Waals surface area contributed by atoms with Crippen LogP contribution in [-0.4, -0.2) is 38.8 Å². The molecule has 2 heterocycles. The second kappa shape index (κ2) is 5.74. The van der Waals surface area contributed by atoms with Crippen molar-refractivity contribution in [3.63, 3.8) is 0 Å². The second-order valence-electron chi connectivity index (χ2n) is 7.22. The van der Waals surface area contributed by atoms with E-state index in [1.54, 1.807) is 0 Å². The number of aromatic nitrogens is 2. The first-order chi connectivity index (χ1) is 11.6. The molecule has 2 aliphatic rings. The van der Waals surface area contributed by atoms with Gasteiger partial charge in [0.05, 0.1) is 11.1 Å². The molecular weight excluding hydrogens is 302 g/mol. The summed E-state index contributed by atoms with van der Waals surface area (Å²) in [6, 6.07) is 10.4. The van der Waals surface area contributed by atoms with E-state index in [9.17, 15) is 9.90 Å². The Balaban J connectivity index is 1.60. The van der Waals surface area contributed by atoms with Gasteiger partial charge in [0.1, 0.15) is 0 Å². The van der Waals surface area contributed by atoms with Crippen LogP contribution in [0.25, 0.3) is 11.3 Å². The Morgan fingerprint density at radius 1 is 1.38 bits per heavy atom. The molecular formula is C19H23N3O2. The summed E-state index contributed by atoms with van der Waals surface area (Å²) in [4.78, 5) is 14.2. The number of rotatable bonds is 4. The van der Waals surface area contributed by atoms with E-state index in [4.69, 9.17) is 0 Å². The molecule has 5 heteroatoms. The molecule has 0 spiro atoms. The molecule has 1 aliphatic heterocycles. The van der Waals surface area contributed by atoms with Gasteiger partial charge in [0.25, 0.3) is 0 Å². The number of carboxylic acid groups (broad SMARTS) is 1. The van der Waals surface area contributed by atoms with E-state index in [0.717, 1.165) is 38.0 Å². The lowest BCUT2D eigenvalue weighted by molar-refractivity contribution is -0.149. The Labute approximate surface area is 141 Å². The molecule has 1 N–H and O–H groups in total. The van der Waals surface area contributed by atoms with Gasteiger partial charge in [-0.2, -0.15) is 5.10 Å². The third kappa shape index (κ3) is 2.35. The fraction of sp³-hybridized carbons (Fsp3) is 0.474. The number of aliphatic carboxylic acids is 1. The standard InChI is InChI=1S/C19H23N3O2/c1-21-17(8-10-20-21)16-7-3-2-5-14(16)11-22-12-15-6-4-9-19(15,13-22)18(23)24/h2-3,5,7-8,10,15H,4,6,9,11-13H2,1H3,(H,23,24)/t15-,19+/m0/s1. The highest BCUT2D eigenvalue weighted by Gasteiger charge is 2.54. The summed E-state index contributed by atoms with van der Waals surface area (Å²) >= 11 is 0. The summed E-state index contributed by atoms with van der Waals surface area (Å²) in [5, 5.41) is 14.0. The molecule has 1 saturated carbocycles. The summed E-state index contributed by atoms with van der Waals surface area (Å²) < 4.78 is 1.89. The van der Waals surface area contributed by atoms with Crippen LogP contribution in [0.15, 0.2) is 36.5 Å². The van der Waals surface area contributed by atoms with E-state index in [1.165, 1.54) is 11.1 Å². The molecule has 5 nitrogen and oxygen atoms in total. The number of hydrogen-bond donors (Lipinski definition) is 1. The zero-order chi connectivity index (χ0) is 16.7. The molecule has 2 aromatic rings. The summed E-state index contributed by atoms with van der Waals surface area (Å²) in [7, 11) is 1.95. The van der Waals surface area contributed by atoms with Gasteiger partial charge in [-0.3, -0.25) is 14.4 Å². The lowest BCUT2D eigenvalue weighted by Gasteiger charge is -2.24. The minimum absolute atomic E-state index is 0.305. The Kier molecular flexibility index (Phi) is 3.68. The van der Waals surface area contributed by atoms with Crippen LogP contribution in [-0.2, 0) is 18.4 Å². The van der Waals surface area contributed by atoms with Gasteiger partial charge in [0.2, 0.25) is 0 Å². The van der Waals surface area contributed by atoms with Crippen molar-refractivity contribution >= 4 is 5.97 Å². The minimum atomic E-state index is -0.604. The maximum Gasteiger partial charge on any atom is 0.311 e. The van der Waals surface area contributed by atoms with Crippen LogP contribution in [0.2, 0.25) is 0 Å². The highest BCUT2D eigenvalue weighted by Crippen LogP contribution is 2.49. The predicted octanol–water partition coefficient (Wildman–Crippen LogP) is 2.77. The summed E-state index contributed by atoms with van der Waals surface area (Å²) in [5.41, 5.74) is 3.00. The molecule has 2 atom stereocenters. The minimum Gasteiger partial charge on any atom is -0.481 e. The van der Waals surface area contributed by atoms with Crippen LogP contribution in [0.1, 0.15) is 24.8 Å². The van der Waals surface area contributed by atoms with Crippen molar-refractivity contribution < 1.29 is 9.90 Å². The number of likely N-dealkylation sites (tertiary alicyclic amines) is 1. The predicted molar refractivity (Wildman–Crippen MR) is 91.3 cm³/mol. The molecule has 1 saturated heterocycles. The molecule has 0 bridgehead atoms. The topological polar surface area (TPSA) is 58.4 Å². The SMILES string of the molecule is Cn1nccc1-c1ccccc1CN1C[C@@H]2CCC[C@@]2(C(=O)O)C1. The van der Waals surface area contributed by atoms with Crippen molar-refractivity contribution in [3.05, 3.63) is 42.1 Å². The van der Waals surface area contributed by atoms with E-state index in [2.05, 4.69) is 28.2 Å². The lowest BCUT2D eigenvalue weighted by atomic mass is 9.81. The normalized spacial score (nSPS) is 26.6. The summed E-state index contributed by atoms with van der Waals surface area (Å²) in [6.45, 7) is 2.37. The second-order valence-corrected chi connectivity index (χ2v) is 7.22. The van der Waals surface area contributed by atoms with E-state index in [-0.39, 0.29) is 0 Å². The van der Waals surface area contributed by atoms with Gasteiger partial charge in [-0.1, -0.05) is 30.7 Å². The van der Waals surface area contributed by atoms with Gasteiger partial charge in [-0.25, -0.2) is 0 Å². The van der Waals surface area contributed by atoms with Gasteiger partial charge in [-0.15, -0.1) is 0 Å². The molecule has 2 fully saturated rings. The van der Waals surface area contributed by atoms with Gasteiger partial charge in [0, 0.05) is 38.4 Å². The number of hydrogen-bond acceptors (Lipinski definition) is 3. The van der Waals surface area contributed by atoms with Crippen molar-refractivity contribution in [1.29, 1.82) is 0 Å². The molecule has 1 aromatic heterocycles. The zero-order valence-corrected chi connectivity index (χ0v) is 14.0. The zero-order valence-electron chi connectivity index (χ0n) is 14.0. The van der Waals surface area contributed by atoms with Crippen molar-refractivity contribution in [3.8, 4) is 11.3 Å². The lowest BCUT2D eigenvalue weighted by Crippen LogP contribution is -2.35. The Hall–Kier alpha value is -2.14. The third-order valence-corrected chi connectivity index (χ3v) is 5.88. The number of carboxylic acids is 1. The van der Waals surface area contributed by atoms with E-state index in [0.29, 0.717) is 12.5 Å². The molecule has 0 amide bonds. The fourth-order valence-electron chi connectivity index (χ4n) is 4.65. The summed E-state index contributed by atoms with van der Waals surface area (Å²) in [5.74, 6) is -0.300. The largest absolute Gasteiger partial charge is 0.481 e. The Bertz CT molecular complexity index is 769. The van der Waals surface area contributed by atoms with Gasteiger partial charge in [0.15, 0.2) is 0 Å². The maximum absolute atomic E-state index is 11.9. The monoisotopic (exact) mass is 325 g/mol. The van der Waals surface area contributed by atoms with E-state index >= 15 is 0 Å². The molecule has 1 aromatic carbocycles. The van der Waals surface area contributed by atoms with E-state index in [1.807, 2.05) is 30.1 Å². The number of benzene rings is 1. The fourth-order valence-corrected chi connectivity index (χ4v) is 4.65. The smallest absolute Gasteiger partial charge is 0.311 e. The number of carbonyl (C=O) groups is 1. The Morgan fingerprint density at radius 3 is 2.92 bits per heavy atom. The van der Waals surface area contributed by atoms with Gasteiger partial charge >= 0.3 is 5.97 Å². The first-order valence-corrected chi connectivity index (χ1v) is 8.62. The first-order valence-electron chi connectivity index (χ1n) is 8.62. The number of fused-ring (bicyclic) bond motifs is 1. The van der Waals surface area contributed by atoms with Crippen LogP contribution < -0.4 is 0 Å². The van der Waals surface area contributed by atoms with Crippen LogP contribution >= 0.6 is 0 Å². The molecule has 1 aliphatic carbocycles. The average Bonchev–Trinajstić information content (AvgIpc) is 3.22. The van der Waals surface area contributed by atoms with Crippen LogP contribution in [0, 0.1) is 11.3 Å². The number of nitrogens with zero attached hydrogens (tertiary/aromatic N) is 3. The Morgan fingerprint density at radius 2 is 2.21 bits per heavy atom. The van der Waals surface area contributed by atoms with Gasteiger partial charge < -0.3 is 5.11 Å². The molecule has 126 valence electrons. The maximum atomic E-state index is 11.9. The van der Waals surface area contributed by atoms with Crippen molar-refractivity contribution in [2.75, 3.05) is 13.1 Å². The molecule has 4 rings (SSSR count). The average molecular weight is 325 g/mol. The highest BCUT2D eigenvalue weighted by atomic mass is 16.4. The van der Waals surface area contributed by atoms with Crippen molar-refractivity contribution in [2.45, 2.75) is 25.8 Å². The summed E-state index contributed by atoms with van der Waals surface area (Å²) in [6.07, 6.45) is 4.74. The van der Waals surface area contributed by atoms with Gasteiger partial charge in [-0.05, 0) is 30.4 Å². The van der Waals surface area contributed by atoms with Crippen LogP contribution in [0.3, 0.4) is 0 Å².